The highest BCUT2D eigenvalue weighted by Crippen LogP contribution is 2.17. The first-order valence-corrected chi connectivity index (χ1v) is 7.21. The normalized spacial score (nSPS) is 10.3. The van der Waals surface area contributed by atoms with E-state index in [-0.39, 0.29) is 0 Å². The van der Waals surface area contributed by atoms with Crippen LogP contribution in [-0.4, -0.2) is 41.6 Å². The molecule has 1 N–H and O–H groups in total. The van der Waals surface area contributed by atoms with Crippen LogP contribution in [0.1, 0.15) is 32.1 Å². The molecule has 0 saturated heterocycles. The van der Waals surface area contributed by atoms with Gasteiger partial charge in [-0.1, -0.05) is 0 Å². The lowest BCUT2D eigenvalue weighted by Crippen LogP contribution is -2.45. The Hall–Kier alpha value is -3.09. The molecule has 1 aromatic heterocycles. The molecule has 0 aliphatic rings. The van der Waals surface area contributed by atoms with Gasteiger partial charge in [-0.15, -0.1) is 0 Å². The van der Waals surface area contributed by atoms with Gasteiger partial charge in [0, 0.05) is 22.5 Å². The Labute approximate surface area is 139 Å². The number of carboxylic acids is 1. The standard InChI is InChI=1S/C17H18N2O5/c1-11-8-14(10-20)12(2)19(11)18(9-16(21)22)17(23)13-4-6-15(24-3)7-5-13/h4-8,10H,9H2,1-3H3,(H,21,22). The molecule has 0 saturated carbocycles. The van der Waals surface area contributed by atoms with E-state index in [9.17, 15) is 19.5 Å². The van der Waals surface area contributed by atoms with Gasteiger partial charge in [0.05, 0.1) is 7.11 Å². The fraction of sp³-hybridized carbons (Fsp3) is 0.235. The van der Waals surface area contributed by atoms with Crippen molar-refractivity contribution < 1.29 is 24.2 Å². The van der Waals surface area contributed by atoms with Crippen molar-refractivity contribution in [1.29, 1.82) is 0 Å². The zero-order valence-corrected chi connectivity index (χ0v) is 13.6. The van der Waals surface area contributed by atoms with Crippen molar-refractivity contribution >= 4 is 18.2 Å². The highest BCUT2D eigenvalue weighted by molar-refractivity contribution is 6.03. The number of aliphatic carboxylic acids is 1. The Morgan fingerprint density at radius 3 is 2.33 bits per heavy atom. The number of carboxylic acid groups (broad SMARTS) is 1. The maximum absolute atomic E-state index is 12.8. The van der Waals surface area contributed by atoms with E-state index in [1.807, 2.05) is 0 Å². The molecule has 1 aromatic carbocycles. The average Bonchev–Trinajstić information content (AvgIpc) is 2.86. The number of hydrogen-bond acceptors (Lipinski definition) is 4. The molecule has 126 valence electrons. The molecule has 0 fully saturated rings. The molecule has 2 aromatic rings. The lowest BCUT2D eigenvalue weighted by Gasteiger charge is -2.25. The minimum absolute atomic E-state index is 0.317. The number of rotatable bonds is 6. The Bertz CT molecular complexity index is 777. The van der Waals surface area contributed by atoms with E-state index < -0.39 is 18.4 Å². The molecule has 0 bridgehead atoms. The van der Waals surface area contributed by atoms with Gasteiger partial charge in [-0.25, -0.2) is 5.01 Å². The fourth-order valence-corrected chi connectivity index (χ4v) is 2.51. The predicted octanol–water partition coefficient (Wildman–Crippen LogP) is 1.79. The van der Waals surface area contributed by atoms with Crippen LogP contribution in [0, 0.1) is 13.8 Å². The number of methoxy groups -OCH3 is 1. The number of ether oxygens (including phenoxy) is 1. The summed E-state index contributed by atoms with van der Waals surface area (Å²) in [6.07, 6.45) is 0.676. The van der Waals surface area contributed by atoms with Gasteiger partial charge >= 0.3 is 5.97 Å². The summed E-state index contributed by atoms with van der Waals surface area (Å²) in [5, 5.41) is 10.3. The lowest BCUT2D eigenvalue weighted by atomic mass is 10.2. The van der Waals surface area contributed by atoms with E-state index in [2.05, 4.69) is 0 Å². The molecule has 1 heterocycles. The lowest BCUT2D eigenvalue weighted by molar-refractivity contribution is -0.135. The van der Waals surface area contributed by atoms with Gasteiger partial charge in [-0.05, 0) is 44.2 Å². The van der Waals surface area contributed by atoms with Crippen LogP contribution in [0.2, 0.25) is 0 Å². The first-order chi connectivity index (χ1) is 11.4. The SMILES string of the molecule is COc1ccc(C(=O)N(CC(=O)O)n2c(C)cc(C=O)c2C)cc1. The molecular weight excluding hydrogens is 312 g/mol. The molecule has 0 spiro atoms. The number of amides is 1. The second-order valence-corrected chi connectivity index (χ2v) is 5.24. The van der Waals surface area contributed by atoms with Gasteiger partial charge in [0.25, 0.3) is 5.91 Å². The van der Waals surface area contributed by atoms with Crippen molar-refractivity contribution in [3.8, 4) is 5.75 Å². The molecule has 7 nitrogen and oxygen atoms in total. The summed E-state index contributed by atoms with van der Waals surface area (Å²) < 4.78 is 6.50. The summed E-state index contributed by atoms with van der Waals surface area (Å²) in [6, 6.07) is 7.98. The van der Waals surface area contributed by atoms with Crippen molar-refractivity contribution in [2.24, 2.45) is 0 Å². The Balaban J connectivity index is 2.48. The molecule has 2 rings (SSSR count). The zero-order valence-electron chi connectivity index (χ0n) is 13.6. The van der Waals surface area contributed by atoms with Crippen molar-refractivity contribution in [2.45, 2.75) is 13.8 Å². The van der Waals surface area contributed by atoms with Gasteiger partial charge in [0.15, 0.2) is 6.29 Å². The molecule has 0 aliphatic carbocycles. The average molecular weight is 330 g/mol. The number of hydrogen-bond donors (Lipinski definition) is 1. The number of carbonyl (C=O) groups is 3. The molecule has 0 radical (unpaired) electrons. The van der Waals surface area contributed by atoms with Crippen LogP contribution in [0.4, 0.5) is 0 Å². The number of aldehydes is 1. The van der Waals surface area contributed by atoms with Gasteiger partial charge in [0.2, 0.25) is 0 Å². The van der Waals surface area contributed by atoms with Crippen LogP contribution >= 0.6 is 0 Å². The van der Waals surface area contributed by atoms with E-state index in [1.54, 1.807) is 44.2 Å². The van der Waals surface area contributed by atoms with E-state index in [1.165, 1.54) is 11.8 Å². The Morgan fingerprint density at radius 2 is 1.88 bits per heavy atom. The van der Waals surface area contributed by atoms with Crippen LogP contribution < -0.4 is 9.75 Å². The molecule has 0 atom stereocenters. The van der Waals surface area contributed by atoms with E-state index in [0.717, 1.165) is 5.01 Å². The van der Waals surface area contributed by atoms with Crippen LogP contribution in [0.25, 0.3) is 0 Å². The maximum atomic E-state index is 12.8. The van der Waals surface area contributed by atoms with Crippen molar-refractivity contribution in [2.75, 3.05) is 18.7 Å². The quantitative estimate of drug-likeness (QED) is 0.816. The van der Waals surface area contributed by atoms with Crippen molar-refractivity contribution in [3.05, 3.63) is 52.8 Å². The largest absolute Gasteiger partial charge is 0.497 e. The summed E-state index contributed by atoms with van der Waals surface area (Å²) in [7, 11) is 1.51. The van der Waals surface area contributed by atoms with Crippen LogP contribution in [-0.2, 0) is 4.79 Å². The first kappa shape index (κ1) is 17.3. The Morgan fingerprint density at radius 1 is 1.25 bits per heavy atom. The van der Waals surface area contributed by atoms with Gasteiger partial charge in [-0.2, -0.15) is 0 Å². The number of nitrogens with zero attached hydrogens (tertiary/aromatic N) is 2. The molecule has 0 unspecified atom stereocenters. The summed E-state index contributed by atoms with van der Waals surface area (Å²) in [5.41, 5.74) is 1.82. The van der Waals surface area contributed by atoms with E-state index in [0.29, 0.717) is 34.6 Å². The smallest absolute Gasteiger partial charge is 0.325 e. The molecular formula is C17H18N2O5. The third kappa shape index (κ3) is 3.29. The van der Waals surface area contributed by atoms with Gasteiger partial charge < -0.3 is 9.84 Å². The summed E-state index contributed by atoms with van der Waals surface area (Å²) in [6.45, 7) is 2.84. The minimum Gasteiger partial charge on any atom is -0.497 e. The summed E-state index contributed by atoms with van der Waals surface area (Å²) >= 11 is 0. The number of benzene rings is 1. The van der Waals surface area contributed by atoms with Crippen LogP contribution in [0.15, 0.2) is 30.3 Å². The van der Waals surface area contributed by atoms with Crippen LogP contribution in [0.3, 0.4) is 0 Å². The summed E-state index contributed by atoms with van der Waals surface area (Å²) in [4.78, 5) is 35.1. The molecule has 7 heteroatoms. The zero-order chi connectivity index (χ0) is 17.9. The second kappa shape index (κ2) is 6.99. The van der Waals surface area contributed by atoms with Crippen molar-refractivity contribution in [3.63, 3.8) is 0 Å². The molecule has 1 amide bonds. The maximum Gasteiger partial charge on any atom is 0.325 e. The Kier molecular flexibility index (Phi) is 5.03. The van der Waals surface area contributed by atoms with Gasteiger partial charge in [0.1, 0.15) is 12.3 Å². The predicted molar refractivity (Wildman–Crippen MR) is 87.3 cm³/mol. The van der Waals surface area contributed by atoms with E-state index >= 15 is 0 Å². The van der Waals surface area contributed by atoms with E-state index in [4.69, 9.17) is 4.74 Å². The minimum atomic E-state index is -1.16. The third-order valence-corrected chi connectivity index (χ3v) is 3.66. The second-order valence-electron chi connectivity index (χ2n) is 5.24. The monoisotopic (exact) mass is 330 g/mol. The topological polar surface area (TPSA) is 88.8 Å². The number of aromatic nitrogens is 1. The third-order valence-electron chi connectivity index (χ3n) is 3.66. The molecule has 0 aliphatic heterocycles. The number of carbonyl (C=O) groups excluding carboxylic acids is 2. The fourth-order valence-electron chi connectivity index (χ4n) is 2.51. The highest BCUT2D eigenvalue weighted by Gasteiger charge is 2.24. The highest BCUT2D eigenvalue weighted by atomic mass is 16.5. The molecule has 24 heavy (non-hydrogen) atoms. The number of aryl methyl sites for hydroxylation is 1. The summed E-state index contributed by atoms with van der Waals surface area (Å²) in [5.74, 6) is -1.05. The van der Waals surface area contributed by atoms with Gasteiger partial charge in [-0.3, -0.25) is 19.1 Å². The van der Waals surface area contributed by atoms with Crippen molar-refractivity contribution in [1.82, 2.24) is 4.68 Å². The van der Waals surface area contributed by atoms with Crippen LogP contribution in [0.5, 0.6) is 5.75 Å². The first-order valence-electron chi connectivity index (χ1n) is 7.21.